The van der Waals surface area contributed by atoms with E-state index in [9.17, 15) is 18.8 Å². The molecule has 0 unspecified atom stereocenters. The number of hydrogen-bond acceptors (Lipinski definition) is 9. The van der Waals surface area contributed by atoms with Crippen molar-refractivity contribution in [2.45, 2.75) is 59.2 Å². The molecule has 1 heterocycles. The second kappa shape index (κ2) is 16.2. The summed E-state index contributed by atoms with van der Waals surface area (Å²) in [5, 5.41) is 0. The summed E-state index contributed by atoms with van der Waals surface area (Å²) in [4.78, 5) is 41.7. The highest BCUT2D eigenvalue weighted by Gasteiger charge is 2.33. The van der Waals surface area contributed by atoms with Crippen molar-refractivity contribution in [2.75, 3.05) is 13.9 Å². The molecule has 3 rings (SSSR count). The lowest BCUT2D eigenvalue weighted by molar-refractivity contribution is -0.158. The summed E-state index contributed by atoms with van der Waals surface area (Å²) in [5.41, 5.74) is 0.875. The summed E-state index contributed by atoms with van der Waals surface area (Å²) < 4.78 is 41.3. The van der Waals surface area contributed by atoms with Crippen molar-refractivity contribution in [3.8, 4) is 17.2 Å². The van der Waals surface area contributed by atoms with Crippen molar-refractivity contribution in [3.05, 3.63) is 83.9 Å². The first-order chi connectivity index (χ1) is 20.6. The number of ether oxygens (including phenoxy) is 5. The molecule has 0 fully saturated rings. The number of pyridine rings is 1. The third kappa shape index (κ3) is 9.80. The van der Waals surface area contributed by atoms with Crippen LogP contribution in [0.2, 0.25) is 0 Å². The van der Waals surface area contributed by atoms with Crippen molar-refractivity contribution >= 4 is 17.7 Å². The van der Waals surface area contributed by atoms with Crippen LogP contribution in [-0.2, 0) is 25.5 Å². The first-order valence-electron chi connectivity index (χ1n) is 14.1. The molecule has 0 aliphatic rings. The van der Waals surface area contributed by atoms with Gasteiger partial charge in [0, 0.05) is 31.5 Å². The number of nitrogens with zero attached hydrogens (tertiary/aromatic N) is 1. The Hall–Kier alpha value is -4.47. The van der Waals surface area contributed by atoms with E-state index in [0.29, 0.717) is 18.6 Å². The van der Waals surface area contributed by atoms with Gasteiger partial charge in [0.2, 0.25) is 6.79 Å². The molecule has 0 amide bonds. The molecule has 2 aromatic carbocycles. The molecule has 43 heavy (non-hydrogen) atoms. The highest BCUT2D eigenvalue weighted by molar-refractivity contribution is 5.99. The molecule has 1 aromatic heterocycles. The van der Waals surface area contributed by atoms with Crippen molar-refractivity contribution in [1.29, 1.82) is 0 Å². The lowest BCUT2D eigenvalue weighted by Crippen LogP contribution is -2.41. The highest BCUT2D eigenvalue weighted by Crippen LogP contribution is 2.31. The normalized spacial score (nSPS) is 13.6. The van der Waals surface area contributed by atoms with Crippen LogP contribution in [0.3, 0.4) is 0 Å². The minimum absolute atomic E-state index is 0.00749. The van der Waals surface area contributed by atoms with Gasteiger partial charge in [0.15, 0.2) is 23.0 Å². The number of carbonyl (C=O) groups is 3. The maximum absolute atomic E-state index is 13.5. The van der Waals surface area contributed by atoms with Crippen LogP contribution in [-0.4, -0.2) is 48.8 Å². The fourth-order valence-corrected chi connectivity index (χ4v) is 4.57. The largest absolute Gasteiger partial charge is 0.493 e. The van der Waals surface area contributed by atoms with E-state index in [2.05, 4.69) is 4.98 Å². The summed E-state index contributed by atoms with van der Waals surface area (Å²) in [6, 6.07) is 17.1. The van der Waals surface area contributed by atoms with Gasteiger partial charge in [-0.2, -0.15) is 0 Å². The summed E-state index contributed by atoms with van der Waals surface area (Å²) in [6.07, 6.45) is 1.27. The van der Waals surface area contributed by atoms with E-state index in [0.717, 1.165) is 5.56 Å². The second-order valence-corrected chi connectivity index (χ2v) is 10.2. The Morgan fingerprint density at radius 1 is 0.977 bits per heavy atom. The van der Waals surface area contributed by atoms with E-state index in [-0.39, 0.29) is 35.3 Å². The van der Waals surface area contributed by atoms with Crippen LogP contribution in [0.5, 0.6) is 17.2 Å². The molecule has 3 aromatic rings. The maximum Gasteiger partial charge on any atom is 0.309 e. The predicted octanol–water partition coefficient (Wildman–Crippen LogP) is 5.99. The molecule has 0 radical (unpaired) electrons. The minimum Gasteiger partial charge on any atom is -0.493 e. The van der Waals surface area contributed by atoms with Crippen LogP contribution in [0.25, 0.3) is 0 Å². The zero-order chi connectivity index (χ0) is 31.4. The molecule has 9 nitrogen and oxygen atoms in total. The van der Waals surface area contributed by atoms with Crippen molar-refractivity contribution in [1.82, 2.24) is 4.98 Å². The van der Waals surface area contributed by atoms with Crippen molar-refractivity contribution in [3.63, 3.8) is 0 Å². The predicted molar refractivity (Wildman–Crippen MR) is 156 cm³/mol. The Bertz CT molecular complexity index is 1350. The second-order valence-electron chi connectivity index (χ2n) is 10.2. The third-order valence-corrected chi connectivity index (χ3v) is 6.89. The van der Waals surface area contributed by atoms with Crippen molar-refractivity contribution in [2.24, 2.45) is 11.8 Å². The van der Waals surface area contributed by atoms with Crippen molar-refractivity contribution < 1.29 is 42.5 Å². The van der Waals surface area contributed by atoms with Gasteiger partial charge >= 0.3 is 11.9 Å². The monoisotopic (exact) mass is 595 g/mol. The SMILES string of the molecule is CC[C@H](Cc1ccc(F)cc1)[C@@H](Oc1ccccc1)[C@H](C)OC(=O)[C@H](C)CC(=O)c1nccc(OC)c1OCOC(C)=O. The first-order valence-corrected chi connectivity index (χ1v) is 14.1. The number of ketones is 1. The lowest BCUT2D eigenvalue weighted by Gasteiger charge is -2.32. The van der Waals surface area contributed by atoms with Gasteiger partial charge < -0.3 is 23.7 Å². The van der Waals surface area contributed by atoms with Gasteiger partial charge in [-0.3, -0.25) is 14.4 Å². The van der Waals surface area contributed by atoms with Gasteiger partial charge in [-0.25, -0.2) is 9.37 Å². The lowest BCUT2D eigenvalue weighted by atomic mass is 9.89. The number of rotatable bonds is 16. The Kier molecular flexibility index (Phi) is 12.5. The molecular weight excluding hydrogens is 557 g/mol. The molecule has 0 spiro atoms. The molecule has 10 heteroatoms. The van der Waals surface area contributed by atoms with E-state index in [1.54, 1.807) is 26.0 Å². The van der Waals surface area contributed by atoms with E-state index in [4.69, 9.17) is 23.7 Å². The standard InChI is InChI=1S/C33H38FNO8/c1-6-25(19-24-12-14-26(34)15-13-24)31(43-27-10-8-7-9-11-27)22(3)42-33(38)21(2)18-28(37)30-32(41-20-40-23(4)36)29(39-5)16-17-35-30/h7-17,21-22,25,31H,6,18-20H2,1-5H3/t21-,22+,25-,31+/m1/s1. The Labute approximate surface area is 251 Å². The molecule has 0 bridgehead atoms. The minimum atomic E-state index is -0.821. The number of Topliss-reactive ketones (excluding diaryl/α,β-unsaturated/α-hetero) is 1. The highest BCUT2D eigenvalue weighted by atomic mass is 19.1. The van der Waals surface area contributed by atoms with Crippen LogP contribution < -0.4 is 14.2 Å². The van der Waals surface area contributed by atoms with Gasteiger partial charge in [0.05, 0.1) is 13.0 Å². The quantitative estimate of drug-likeness (QED) is 0.112. The van der Waals surface area contributed by atoms with Gasteiger partial charge in [-0.1, -0.05) is 44.2 Å². The molecule has 0 N–H and O–H groups in total. The first kappa shape index (κ1) is 33.0. The Morgan fingerprint density at radius 3 is 2.30 bits per heavy atom. The van der Waals surface area contributed by atoms with Gasteiger partial charge in [-0.05, 0) is 49.6 Å². The number of hydrogen-bond donors (Lipinski definition) is 0. The average Bonchev–Trinajstić information content (AvgIpc) is 3.00. The zero-order valence-electron chi connectivity index (χ0n) is 25.1. The van der Waals surface area contributed by atoms with Crippen LogP contribution in [0.15, 0.2) is 66.9 Å². The molecule has 230 valence electrons. The van der Waals surface area contributed by atoms with Gasteiger partial charge in [0.25, 0.3) is 0 Å². The maximum atomic E-state index is 13.5. The van der Waals surface area contributed by atoms with E-state index < -0.39 is 42.6 Å². The third-order valence-electron chi connectivity index (χ3n) is 6.89. The fraction of sp³-hybridized carbons (Fsp3) is 0.394. The van der Waals surface area contributed by atoms with E-state index in [1.165, 1.54) is 38.4 Å². The number of benzene rings is 2. The number of para-hydroxylation sites is 1. The molecule has 0 aliphatic carbocycles. The zero-order valence-corrected chi connectivity index (χ0v) is 25.1. The van der Waals surface area contributed by atoms with E-state index >= 15 is 0 Å². The Morgan fingerprint density at radius 2 is 1.67 bits per heavy atom. The van der Waals surface area contributed by atoms with E-state index in [1.807, 2.05) is 37.3 Å². The smallest absolute Gasteiger partial charge is 0.309 e. The summed E-state index contributed by atoms with van der Waals surface area (Å²) >= 11 is 0. The van der Waals surface area contributed by atoms with Crippen LogP contribution in [0.4, 0.5) is 4.39 Å². The average molecular weight is 596 g/mol. The van der Waals surface area contributed by atoms with Gasteiger partial charge in [0.1, 0.15) is 23.8 Å². The molecule has 0 saturated carbocycles. The number of methoxy groups -OCH3 is 1. The topological polar surface area (TPSA) is 110 Å². The van der Waals surface area contributed by atoms with Crippen LogP contribution >= 0.6 is 0 Å². The number of carbonyl (C=O) groups excluding carboxylic acids is 3. The van der Waals surface area contributed by atoms with Crippen LogP contribution in [0.1, 0.15) is 56.6 Å². The Balaban J connectivity index is 1.74. The number of halogens is 1. The number of esters is 2. The fourth-order valence-electron chi connectivity index (χ4n) is 4.57. The van der Waals surface area contributed by atoms with Crippen LogP contribution in [0, 0.1) is 17.7 Å². The number of aromatic nitrogens is 1. The summed E-state index contributed by atoms with van der Waals surface area (Å²) in [7, 11) is 1.40. The molecular formula is C33H38FNO8. The molecule has 0 saturated heterocycles. The van der Waals surface area contributed by atoms with Gasteiger partial charge in [-0.15, -0.1) is 0 Å². The molecule has 4 atom stereocenters. The summed E-state index contributed by atoms with van der Waals surface area (Å²) in [6.45, 7) is 6.16. The molecule has 0 aliphatic heterocycles. The summed E-state index contributed by atoms with van der Waals surface area (Å²) in [5.74, 6) is -1.96.